The number of hydrogen-bond donors (Lipinski definition) is 1. The van der Waals surface area contributed by atoms with E-state index in [9.17, 15) is 0 Å². The Labute approximate surface area is 101 Å². The van der Waals surface area contributed by atoms with Gasteiger partial charge < -0.3 is 10.5 Å². The second-order valence-electron chi connectivity index (χ2n) is 4.03. The van der Waals surface area contributed by atoms with E-state index in [1.54, 1.807) is 0 Å². The minimum atomic E-state index is 0.658. The molecule has 0 saturated heterocycles. The van der Waals surface area contributed by atoms with Crippen LogP contribution in [0.25, 0.3) is 5.69 Å². The summed E-state index contributed by atoms with van der Waals surface area (Å²) in [6.07, 6.45) is 4.75. The summed E-state index contributed by atoms with van der Waals surface area (Å²) in [5.41, 5.74) is 8.60. The molecule has 2 rings (SSSR count). The minimum Gasteiger partial charge on any atom is -0.491 e. The number of rotatable bonds is 4. The quantitative estimate of drug-likeness (QED) is 0.823. The van der Waals surface area contributed by atoms with Crippen LogP contribution in [0.2, 0.25) is 0 Å². The maximum atomic E-state index is 5.86. The van der Waals surface area contributed by atoms with Crippen molar-refractivity contribution in [2.75, 3.05) is 12.3 Å². The van der Waals surface area contributed by atoms with Crippen molar-refractivity contribution in [3.8, 4) is 11.4 Å². The molecular formula is C13H17N3O. The molecular weight excluding hydrogens is 214 g/mol. The molecule has 0 fully saturated rings. The van der Waals surface area contributed by atoms with E-state index < -0.39 is 0 Å². The average Bonchev–Trinajstić information content (AvgIpc) is 2.75. The van der Waals surface area contributed by atoms with Crippen molar-refractivity contribution in [1.82, 2.24) is 9.78 Å². The van der Waals surface area contributed by atoms with Crippen LogP contribution < -0.4 is 10.5 Å². The van der Waals surface area contributed by atoms with Gasteiger partial charge in [-0.05, 0) is 31.0 Å². The fourth-order valence-electron chi connectivity index (χ4n) is 1.56. The van der Waals surface area contributed by atoms with Crippen molar-refractivity contribution in [3.05, 3.63) is 36.2 Å². The van der Waals surface area contributed by atoms with Gasteiger partial charge in [-0.2, -0.15) is 5.10 Å². The van der Waals surface area contributed by atoms with Crippen LogP contribution in [-0.4, -0.2) is 16.4 Å². The molecule has 1 aromatic carbocycles. The van der Waals surface area contributed by atoms with E-state index in [1.165, 1.54) is 0 Å². The summed E-state index contributed by atoms with van der Waals surface area (Å²) in [5, 5.41) is 4.26. The highest BCUT2D eigenvalue weighted by atomic mass is 16.5. The summed E-state index contributed by atoms with van der Waals surface area (Å²) in [7, 11) is 0. The zero-order valence-electron chi connectivity index (χ0n) is 10.2. The van der Waals surface area contributed by atoms with Gasteiger partial charge in [-0.1, -0.05) is 6.92 Å². The third kappa shape index (κ3) is 2.58. The first kappa shape index (κ1) is 11.5. The van der Waals surface area contributed by atoms with Crippen molar-refractivity contribution in [1.29, 1.82) is 0 Å². The van der Waals surface area contributed by atoms with Gasteiger partial charge >= 0.3 is 0 Å². The third-order valence-electron chi connectivity index (χ3n) is 2.44. The number of nitrogen functional groups attached to an aromatic ring is 1. The van der Waals surface area contributed by atoms with Crippen LogP contribution >= 0.6 is 0 Å². The summed E-state index contributed by atoms with van der Waals surface area (Å²) in [6.45, 7) is 4.75. The smallest absolute Gasteiger partial charge is 0.144 e. The largest absolute Gasteiger partial charge is 0.491 e. The number of aryl methyl sites for hydroxylation is 1. The van der Waals surface area contributed by atoms with Crippen LogP contribution in [0.4, 0.5) is 5.69 Å². The Morgan fingerprint density at radius 1 is 1.41 bits per heavy atom. The van der Waals surface area contributed by atoms with Crippen molar-refractivity contribution in [2.24, 2.45) is 0 Å². The maximum Gasteiger partial charge on any atom is 0.144 e. The van der Waals surface area contributed by atoms with E-state index >= 15 is 0 Å². The van der Waals surface area contributed by atoms with Crippen molar-refractivity contribution < 1.29 is 4.74 Å². The minimum absolute atomic E-state index is 0.658. The Hall–Kier alpha value is -1.97. The van der Waals surface area contributed by atoms with Gasteiger partial charge in [0.15, 0.2) is 0 Å². The highest BCUT2D eigenvalue weighted by Gasteiger charge is 2.04. The average molecular weight is 231 g/mol. The first-order valence-electron chi connectivity index (χ1n) is 5.74. The summed E-state index contributed by atoms with van der Waals surface area (Å²) < 4.78 is 7.40. The number of nitrogens with zero attached hydrogens (tertiary/aromatic N) is 2. The second kappa shape index (κ2) is 4.91. The molecule has 0 amide bonds. The predicted molar refractivity (Wildman–Crippen MR) is 68.5 cm³/mol. The first-order chi connectivity index (χ1) is 8.20. The molecule has 0 radical (unpaired) electrons. The fourth-order valence-corrected chi connectivity index (χ4v) is 1.56. The highest BCUT2D eigenvalue weighted by Crippen LogP contribution is 2.24. The van der Waals surface area contributed by atoms with Gasteiger partial charge in [-0.15, -0.1) is 0 Å². The summed E-state index contributed by atoms with van der Waals surface area (Å²) in [6, 6.07) is 5.69. The Balaban J connectivity index is 2.30. The molecule has 0 spiro atoms. The van der Waals surface area contributed by atoms with Crippen LogP contribution in [0.1, 0.15) is 18.9 Å². The van der Waals surface area contributed by atoms with E-state index in [1.807, 2.05) is 42.2 Å². The van der Waals surface area contributed by atoms with E-state index in [4.69, 9.17) is 10.5 Å². The molecule has 0 saturated carbocycles. The zero-order chi connectivity index (χ0) is 12.3. The van der Waals surface area contributed by atoms with Crippen LogP contribution in [0.5, 0.6) is 5.75 Å². The predicted octanol–water partition coefficient (Wildman–Crippen LogP) is 2.55. The molecule has 1 heterocycles. The van der Waals surface area contributed by atoms with Gasteiger partial charge in [0.05, 0.1) is 24.2 Å². The lowest BCUT2D eigenvalue weighted by Gasteiger charge is -2.10. The molecule has 4 nitrogen and oxygen atoms in total. The van der Waals surface area contributed by atoms with E-state index in [-0.39, 0.29) is 0 Å². The van der Waals surface area contributed by atoms with Gasteiger partial charge in [0.25, 0.3) is 0 Å². The third-order valence-corrected chi connectivity index (χ3v) is 2.44. The Morgan fingerprint density at radius 3 is 2.88 bits per heavy atom. The molecule has 0 unspecified atom stereocenters. The van der Waals surface area contributed by atoms with Gasteiger partial charge in [-0.3, -0.25) is 0 Å². The summed E-state index contributed by atoms with van der Waals surface area (Å²) in [4.78, 5) is 0. The normalized spacial score (nSPS) is 10.5. The second-order valence-corrected chi connectivity index (χ2v) is 4.03. The van der Waals surface area contributed by atoms with Gasteiger partial charge in [0.2, 0.25) is 0 Å². The van der Waals surface area contributed by atoms with Gasteiger partial charge in [0.1, 0.15) is 5.75 Å². The molecule has 2 N–H and O–H groups in total. The number of ether oxygens (including phenoxy) is 1. The van der Waals surface area contributed by atoms with Crippen LogP contribution in [-0.2, 0) is 0 Å². The highest BCUT2D eigenvalue weighted by molar-refractivity contribution is 5.57. The molecule has 0 bridgehead atoms. The lowest BCUT2D eigenvalue weighted by Crippen LogP contribution is -2.01. The van der Waals surface area contributed by atoms with Gasteiger partial charge in [0, 0.05) is 12.3 Å². The first-order valence-corrected chi connectivity index (χ1v) is 5.74. The summed E-state index contributed by atoms with van der Waals surface area (Å²) >= 11 is 0. The van der Waals surface area contributed by atoms with Crippen molar-refractivity contribution >= 4 is 5.69 Å². The molecule has 17 heavy (non-hydrogen) atoms. The van der Waals surface area contributed by atoms with Crippen LogP contribution in [0.3, 0.4) is 0 Å². The lowest BCUT2D eigenvalue weighted by atomic mass is 10.2. The molecule has 2 aromatic rings. The molecule has 1 aromatic heterocycles. The Bertz CT molecular complexity index is 505. The standard InChI is InChI=1S/C13H17N3O/c1-3-6-17-13-7-11(4-5-12(13)14)16-9-10(2)8-15-16/h4-5,7-9H,3,6,14H2,1-2H3. The number of hydrogen-bond acceptors (Lipinski definition) is 3. The monoisotopic (exact) mass is 231 g/mol. The molecule has 0 aliphatic rings. The van der Waals surface area contributed by atoms with Crippen LogP contribution in [0.15, 0.2) is 30.6 Å². The van der Waals surface area contributed by atoms with E-state index in [2.05, 4.69) is 12.0 Å². The Kier molecular flexibility index (Phi) is 3.32. The summed E-state index contributed by atoms with van der Waals surface area (Å²) in [5.74, 6) is 0.720. The fraction of sp³-hybridized carbons (Fsp3) is 0.308. The number of anilines is 1. The SMILES string of the molecule is CCCOc1cc(-n2cc(C)cn2)ccc1N. The zero-order valence-corrected chi connectivity index (χ0v) is 10.2. The molecule has 0 atom stereocenters. The Morgan fingerprint density at radius 2 is 2.24 bits per heavy atom. The van der Waals surface area contributed by atoms with E-state index in [0.717, 1.165) is 23.4 Å². The molecule has 4 heteroatoms. The van der Waals surface area contributed by atoms with Crippen molar-refractivity contribution in [3.63, 3.8) is 0 Å². The molecule has 90 valence electrons. The molecule has 0 aliphatic carbocycles. The van der Waals surface area contributed by atoms with Crippen molar-refractivity contribution in [2.45, 2.75) is 20.3 Å². The number of nitrogens with two attached hydrogens (primary N) is 1. The van der Waals surface area contributed by atoms with Crippen LogP contribution in [0, 0.1) is 6.92 Å². The molecule has 0 aliphatic heterocycles. The van der Waals surface area contributed by atoms with Gasteiger partial charge in [-0.25, -0.2) is 4.68 Å². The number of aromatic nitrogens is 2. The lowest BCUT2D eigenvalue weighted by molar-refractivity contribution is 0.319. The number of benzene rings is 1. The van der Waals surface area contributed by atoms with E-state index in [0.29, 0.717) is 12.3 Å². The maximum absolute atomic E-state index is 5.86. The topological polar surface area (TPSA) is 53.1 Å².